The predicted octanol–water partition coefficient (Wildman–Crippen LogP) is 0.939. The van der Waals surface area contributed by atoms with E-state index in [0.29, 0.717) is 6.42 Å². The zero-order chi connectivity index (χ0) is 8.81. The minimum atomic E-state index is -0.0754. The largest absolute Gasteiger partial charge is 0.469 e. The molecular weight excluding hydrogens is 154 g/mol. The average Bonchev–Trinajstić information content (AvgIpc) is 2.16. The van der Waals surface area contributed by atoms with Gasteiger partial charge in [0.05, 0.1) is 7.11 Å². The van der Waals surface area contributed by atoms with E-state index in [1.165, 1.54) is 20.0 Å². The van der Waals surface area contributed by atoms with Crippen molar-refractivity contribution in [1.82, 2.24) is 5.32 Å². The van der Waals surface area contributed by atoms with Crippen molar-refractivity contribution in [2.24, 2.45) is 5.92 Å². The van der Waals surface area contributed by atoms with Crippen LogP contribution in [0.25, 0.3) is 0 Å². The van der Waals surface area contributed by atoms with Crippen molar-refractivity contribution in [2.45, 2.75) is 25.7 Å². The molecule has 0 spiro atoms. The van der Waals surface area contributed by atoms with Crippen LogP contribution in [0.5, 0.6) is 0 Å². The minimum Gasteiger partial charge on any atom is -0.469 e. The summed E-state index contributed by atoms with van der Waals surface area (Å²) < 4.78 is 4.59. The first-order valence-corrected chi connectivity index (χ1v) is 4.60. The Kier molecular flexibility index (Phi) is 4.08. The lowest BCUT2D eigenvalue weighted by molar-refractivity contribution is -0.141. The first kappa shape index (κ1) is 9.52. The van der Waals surface area contributed by atoms with Crippen LogP contribution in [0, 0.1) is 5.92 Å². The van der Waals surface area contributed by atoms with Gasteiger partial charge in [-0.15, -0.1) is 0 Å². The Bertz CT molecular complexity index is 141. The lowest BCUT2D eigenvalue weighted by Crippen LogP contribution is -2.28. The van der Waals surface area contributed by atoms with E-state index in [-0.39, 0.29) is 5.97 Å². The Morgan fingerprint density at radius 3 is 2.75 bits per heavy atom. The van der Waals surface area contributed by atoms with Crippen LogP contribution in [0.3, 0.4) is 0 Å². The van der Waals surface area contributed by atoms with Crippen molar-refractivity contribution < 1.29 is 9.53 Å². The third kappa shape index (κ3) is 3.22. The van der Waals surface area contributed by atoms with Gasteiger partial charge >= 0.3 is 5.97 Å². The quantitative estimate of drug-likeness (QED) is 0.642. The fraction of sp³-hybridized carbons (Fsp3) is 0.889. The minimum absolute atomic E-state index is 0.0754. The molecule has 12 heavy (non-hydrogen) atoms. The predicted molar refractivity (Wildman–Crippen MR) is 46.8 cm³/mol. The molecule has 1 heterocycles. The van der Waals surface area contributed by atoms with Gasteiger partial charge in [0.1, 0.15) is 0 Å². The van der Waals surface area contributed by atoms with Gasteiger partial charge in [-0.25, -0.2) is 0 Å². The Labute approximate surface area is 73.5 Å². The van der Waals surface area contributed by atoms with Crippen molar-refractivity contribution >= 4 is 5.97 Å². The SMILES string of the molecule is COC(=O)CCC1CCNCC1. The number of hydrogen-bond acceptors (Lipinski definition) is 3. The molecule has 1 aliphatic rings. The first-order valence-electron chi connectivity index (χ1n) is 4.60. The molecule has 0 amide bonds. The van der Waals surface area contributed by atoms with Crippen molar-refractivity contribution in [3.63, 3.8) is 0 Å². The number of nitrogens with one attached hydrogen (secondary N) is 1. The standard InChI is InChI=1S/C9H17NO2/c1-12-9(11)3-2-8-4-6-10-7-5-8/h8,10H,2-7H2,1H3. The van der Waals surface area contributed by atoms with Gasteiger partial charge in [-0.3, -0.25) is 4.79 Å². The fourth-order valence-corrected chi connectivity index (χ4v) is 1.59. The molecule has 0 unspecified atom stereocenters. The van der Waals surface area contributed by atoms with Crippen molar-refractivity contribution in [1.29, 1.82) is 0 Å². The van der Waals surface area contributed by atoms with Gasteiger partial charge in [0, 0.05) is 6.42 Å². The Balaban J connectivity index is 2.09. The van der Waals surface area contributed by atoms with Gasteiger partial charge < -0.3 is 10.1 Å². The third-order valence-electron chi connectivity index (χ3n) is 2.44. The zero-order valence-electron chi connectivity index (χ0n) is 7.64. The van der Waals surface area contributed by atoms with E-state index in [1.54, 1.807) is 0 Å². The first-order chi connectivity index (χ1) is 5.83. The van der Waals surface area contributed by atoms with E-state index in [4.69, 9.17) is 0 Å². The van der Waals surface area contributed by atoms with E-state index in [9.17, 15) is 4.79 Å². The maximum atomic E-state index is 10.8. The molecule has 0 bridgehead atoms. The smallest absolute Gasteiger partial charge is 0.305 e. The summed E-state index contributed by atoms with van der Waals surface area (Å²) in [6.07, 6.45) is 3.99. The summed E-state index contributed by atoms with van der Waals surface area (Å²) in [5.41, 5.74) is 0. The normalized spacial score (nSPS) is 19.1. The summed E-state index contributed by atoms with van der Waals surface area (Å²) in [4.78, 5) is 10.8. The third-order valence-corrected chi connectivity index (χ3v) is 2.44. The van der Waals surface area contributed by atoms with Gasteiger partial charge in [-0.05, 0) is 38.3 Å². The number of carbonyl (C=O) groups is 1. The number of rotatable bonds is 3. The second-order valence-electron chi connectivity index (χ2n) is 3.31. The van der Waals surface area contributed by atoms with E-state index in [0.717, 1.165) is 25.4 Å². The van der Waals surface area contributed by atoms with Crippen LogP contribution in [0.15, 0.2) is 0 Å². The van der Waals surface area contributed by atoms with Crippen LogP contribution in [0.1, 0.15) is 25.7 Å². The van der Waals surface area contributed by atoms with E-state index in [2.05, 4.69) is 10.1 Å². The molecule has 0 atom stereocenters. The average molecular weight is 171 g/mol. The zero-order valence-corrected chi connectivity index (χ0v) is 7.64. The molecule has 3 nitrogen and oxygen atoms in total. The summed E-state index contributed by atoms with van der Waals surface area (Å²) in [6, 6.07) is 0. The molecule has 1 saturated heterocycles. The van der Waals surface area contributed by atoms with Crippen molar-refractivity contribution in [2.75, 3.05) is 20.2 Å². The fourth-order valence-electron chi connectivity index (χ4n) is 1.59. The molecule has 70 valence electrons. The Morgan fingerprint density at radius 2 is 2.17 bits per heavy atom. The summed E-state index contributed by atoms with van der Waals surface area (Å²) in [5, 5.41) is 3.30. The number of carbonyl (C=O) groups excluding carboxylic acids is 1. The highest BCUT2D eigenvalue weighted by molar-refractivity contribution is 5.69. The number of esters is 1. The summed E-state index contributed by atoms with van der Waals surface area (Å²) in [5.74, 6) is 0.652. The van der Waals surface area contributed by atoms with E-state index in [1.807, 2.05) is 0 Å². The molecule has 3 heteroatoms. The lowest BCUT2D eigenvalue weighted by atomic mass is 9.93. The van der Waals surface area contributed by atoms with Crippen LogP contribution in [-0.2, 0) is 9.53 Å². The highest BCUT2D eigenvalue weighted by Gasteiger charge is 2.14. The molecule has 0 aromatic carbocycles. The van der Waals surface area contributed by atoms with Gasteiger partial charge in [0.2, 0.25) is 0 Å². The van der Waals surface area contributed by atoms with Crippen LogP contribution >= 0.6 is 0 Å². The molecule has 1 fully saturated rings. The van der Waals surface area contributed by atoms with Crippen LogP contribution in [0.2, 0.25) is 0 Å². The molecule has 0 saturated carbocycles. The van der Waals surface area contributed by atoms with E-state index >= 15 is 0 Å². The van der Waals surface area contributed by atoms with Gasteiger partial charge in [-0.2, -0.15) is 0 Å². The summed E-state index contributed by atoms with van der Waals surface area (Å²) in [6.45, 7) is 2.21. The number of methoxy groups -OCH3 is 1. The molecule has 1 N–H and O–H groups in total. The lowest BCUT2D eigenvalue weighted by Gasteiger charge is -2.21. The molecule has 0 radical (unpaired) electrons. The highest BCUT2D eigenvalue weighted by Crippen LogP contribution is 2.17. The van der Waals surface area contributed by atoms with Crippen molar-refractivity contribution in [3.05, 3.63) is 0 Å². The number of ether oxygens (including phenoxy) is 1. The molecular formula is C9H17NO2. The van der Waals surface area contributed by atoms with Crippen LogP contribution < -0.4 is 5.32 Å². The summed E-state index contributed by atoms with van der Waals surface area (Å²) >= 11 is 0. The molecule has 1 aliphatic heterocycles. The van der Waals surface area contributed by atoms with Crippen LogP contribution in [-0.4, -0.2) is 26.2 Å². The maximum absolute atomic E-state index is 10.8. The number of piperidine rings is 1. The highest BCUT2D eigenvalue weighted by atomic mass is 16.5. The second kappa shape index (κ2) is 5.14. The van der Waals surface area contributed by atoms with Crippen LogP contribution in [0.4, 0.5) is 0 Å². The molecule has 1 rings (SSSR count). The molecule has 0 aromatic rings. The second-order valence-corrected chi connectivity index (χ2v) is 3.31. The van der Waals surface area contributed by atoms with Crippen molar-refractivity contribution in [3.8, 4) is 0 Å². The molecule has 0 aliphatic carbocycles. The Morgan fingerprint density at radius 1 is 1.50 bits per heavy atom. The van der Waals surface area contributed by atoms with E-state index < -0.39 is 0 Å². The monoisotopic (exact) mass is 171 g/mol. The van der Waals surface area contributed by atoms with Gasteiger partial charge in [-0.1, -0.05) is 0 Å². The van der Waals surface area contributed by atoms with Gasteiger partial charge in [0.15, 0.2) is 0 Å². The Hall–Kier alpha value is -0.570. The topological polar surface area (TPSA) is 38.3 Å². The summed E-state index contributed by atoms with van der Waals surface area (Å²) in [7, 11) is 1.45. The number of hydrogen-bond donors (Lipinski definition) is 1. The molecule has 0 aromatic heterocycles. The maximum Gasteiger partial charge on any atom is 0.305 e. The van der Waals surface area contributed by atoms with Gasteiger partial charge in [0.25, 0.3) is 0 Å².